The number of thioether (sulfide) groups is 1. The molecular weight excluding hydrogens is 285 g/mol. The first-order valence-electron chi connectivity index (χ1n) is 6.80. The van der Waals surface area contributed by atoms with Crippen LogP contribution < -0.4 is 5.32 Å². The van der Waals surface area contributed by atoms with Crippen molar-refractivity contribution in [3.63, 3.8) is 0 Å². The van der Waals surface area contributed by atoms with Crippen LogP contribution in [0.25, 0.3) is 0 Å². The van der Waals surface area contributed by atoms with Crippen molar-refractivity contribution in [2.24, 2.45) is 0 Å². The van der Waals surface area contributed by atoms with Gasteiger partial charge in [0.25, 0.3) is 0 Å². The molecule has 1 aromatic carbocycles. The lowest BCUT2D eigenvalue weighted by Crippen LogP contribution is -2.45. The Morgan fingerprint density at radius 3 is 2.50 bits per heavy atom. The Kier molecular flexibility index (Phi) is 5.35. The van der Waals surface area contributed by atoms with E-state index in [1.54, 1.807) is 12.1 Å². The third kappa shape index (κ3) is 4.14. The second-order valence-electron chi connectivity index (χ2n) is 4.80. The van der Waals surface area contributed by atoms with E-state index in [9.17, 15) is 13.2 Å². The van der Waals surface area contributed by atoms with E-state index in [1.807, 2.05) is 19.1 Å². The summed E-state index contributed by atoms with van der Waals surface area (Å²) in [6, 6.07) is 6.94. The highest BCUT2D eigenvalue weighted by molar-refractivity contribution is 8.00. The lowest BCUT2D eigenvalue weighted by Gasteiger charge is -2.35. The van der Waals surface area contributed by atoms with E-state index >= 15 is 0 Å². The summed E-state index contributed by atoms with van der Waals surface area (Å²) in [7, 11) is 0. The lowest BCUT2D eigenvalue weighted by atomic mass is 10.0. The van der Waals surface area contributed by atoms with Crippen molar-refractivity contribution in [3.05, 3.63) is 29.8 Å². The average molecular weight is 304 g/mol. The Bertz CT molecular complexity index is 431. The van der Waals surface area contributed by atoms with Gasteiger partial charge in [0.2, 0.25) is 0 Å². The highest BCUT2D eigenvalue weighted by atomic mass is 32.2. The molecule has 0 unspecified atom stereocenters. The number of hydrogen-bond donors (Lipinski definition) is 1. The maximum Gasteiger partial charge on any atom is 0.446 e. The molecule has 0 amide bonds. The van der Waals surface area contributed by atoms with Crippen molar-refractivity contribution in [3.8, 4) is 0 Å². The molecule has 1 fully saturated rings. The van der Waals surface area contributed by atoms with Gasteiger partial charge in [0.05, 0.1) is 0 Å². The third-order valence-electron chi connectivity index (χ3n) is 3.48. The molecule has 0 radical (unpaired) electrons. The lowest BCUT2D eigenvalue weighted by molar-refractivity contribution is -0.0328. The Labute approximate surface area is 121 Å². The van der Waals surface area contributed by atoms with Crippen LogP contribution in [0.5, 0.6) is 0 Å². The standard InChI is InChI=1S/C14H19F3N2S/c1-2-12(19-9-7-18-8-10-19)11-5-3-4-6-13(11)20-14(15,16)17/h3-6,12,18H,2,7-10H2,1H3/t12-/m0/s1. The zero-order valence-electron chi connectivity index (χ0n) is 11.4. The fraction of sp³-hybridized carbons (Fsp3) is 0.571. The molecule has 1 aliphatic heterocycles. The van der Waals surface area contributed by atoms with Crippen LogP contribution in [-0.2, 0) is 0 Å². The molecular formula is C14H19F3N2S. The Morgan fingerprint density at radius 2 is 1.90 bits per heavy atom. The second kappa shape index (κ2) is 6.83. The van der Waals surface area contributed by atoms with Crippen molar-refractivity contribution in [1.29, 1.82) is 0 Å². The molecule has 112 valence electrons. The van der Waals surface area contributed by atoms with Gasteiger partial charge in [-0.05, 0) is 29.8 Å². The summed E-state index contributed by atoms with van der Waals surface area (Å²) < 4.78 is 38.0. The van der Waals surface area contributed by atoms with Crippen molar-refractivity contribution in [1.82, 2.24) is 10.2 Å². The van der Waals surface area contributed by atoms with E-state index in [-0.39, 0.29) is 17.8 Å². The fourth-order valence-corrected chi connectivity index (χ4v) is 3.36. The summed E-state index contributed by atoms with van der Waals surface area (Å²) in [6.45, 7) is 5.57. The summed E-state index contributed by atoms with van der Waals surface area (Å²) in [5, 5.41) is 3.27. The SMILES string of the molecule is CC[C@@H](c1ccccc1SC(F)(F)F)N1CCNCC1. The molecule has 0 bridgehead atoms. The smallest absolute Gasteiger partial charge is 0.314 e. The maximum atomic E-state index is 12.7. The van der Waals surface area contributed by atoms with Gasteiger partial charge in [-0.25, -0.2) is 0 Å². The van der Waals surface area contributed by atoms with Crippen molar-refractivity contribution in [2.75, 3.05) is 26.2 Å². The number of rotatable bonds is 4. The van der Waals surface area contributed by atoms with E-state index in [0.717, 1.165) is 38.2 Å². The van der Waals surface area contributed by atoms with Crippen LogP contribution in [-0.4, -0.2) is 36.6 Å². The van der Waals surface area contributed by atoms with Gasteiger partial charge in [-0.2, -0.15) is 13.2 Å². The Morgan fingerprint density at radius 1 is 1.25 bits per heavy atom. The third-order valence-corrected chi connectivity index (χ3v) is 4.31. The van der Waals surface area contributed by atoms with Gasteiger partial charge in [0, 0.05) is 37.1 Å². The van der Waals surface area contributed by atoms with Crippen LogP contribution in [0.4, 0.5) is 13.2 Å². The molecule has 0 spiro atoms. The minimum absolute atomic E-state index is 0.00723. The van der Waals surface area contributed by atoms with E-state index in [1.165, 1.54) is 0 Å². The first kappa shape index (κ1) is 15.7. The number of benzene rings is 1. The van der Waals surface area contributed by atoms with Gasteiger partial charge in [-0.1, -0.05) is 25.1 Å². The van der Waals surface area contributed by atoms with Crippen molar-refractivity contribution < 1.29 is 13.2 Å². The van der Waals surface area contributed by atoms with E-state index in [2.05, 4.69) is 10.2 Å². The quantitative estimate of drug-likeness (QED) is 0.855. The molecule has 1 aromatic rings. The summed E-state index contributed by atoms with van der Waals surface area (Å²) in [5.74, 6) is 0. The van der Waals surface area contributed by atoms with Gasteiger partial charge in [-0.3, -0.25) is 4.90 Å². The predicted molar refractivity (Wildman–Crippen MR) is 75.8 cm³/mol. The zero-order valence-corrected chi connectivity index (χ0v) is 12.2. The topological polar surface area (TPSA) is 15.3 Å². The molecule has 6 heteroatoms. The van der Waals surface area contributed by atoms with Crippen molar-refractivity contribution in [2.45, 2.75) is 29.8 Å². The average Bonchev–Trinajstić information content (AvgIpc) is 2.41. The van der Waals surface area contributed by atoms with Crippen LogP contribution in [0.1, 0.15) is 24.9 Å². The molecule has 1 aliphatic rings. The largest absolute Gasteiger partial charge is 0.446 e. The summed E-state index contributed by atoms with van der Waals surface area (Å²) in [5.41, 5.74) is -3.45. The molecule has 1 atom stereocenters. The van der Waals surface area contributed by atoms with Crippen LogP contribution in [0.3, 0.4) is 0 Å². The number of nitrogens with one attached hydrogen (secondary N) is 1. The molecule has 0 saturated carbocycles. The molecule has 0 aliphatic carbocycles. The van der Waals surface area contributed by atoms with Gasteiger partial charge in [0.15, 0.2) is 0 Å². The molecule has 1 N–H and O–H groups in total. The molecule has 2 rings (SSSR count). The molecule has 0 aromatic heterocycles. The highest BCUT2D eigenvalue weighted by Gasteiger charge is 2.32. The normalized spacial score (nSPS) is 19.0. The van der Waals surface area contributed by atoms with Gasteiger partial charge in [0.1, 0.15) is 0 Å². The first-order chi connectivity index (χ1) is 9.51. The Balaban J connectivity index is 2.24. The predicted octanol–water partition coefficient (Wildman–Crippen LogP) is 3.65. The number of hydrogen-bond acceptors (Lipinski definition) is 3. The van der Waals surface area contributed by atoms with Crippen LogP contribution in [0, 0.1) is 0 Å². The van der Waals surface area contributed by atoms with Crippen molar-refractivity contribution >= 4 is 11.8 Å². The zero-order chi connectivity index (χ0) is 14.6. The van der Waals surface area contributed by atoms with Gasteiger partial charge in [-0.15, -0.1) is 0 Å². The molecule has 1 saturated heterocycles. The fourth-order valence-electron chi connectivity index (χ4n) is 2.64. The van der Waals surface area contributed by atoms with E-state index in [0.29, 0.717) is 4.90 Å². The van der Waals surface area contributed by atoms with Crippen LogP contribution in [0.15, 0.2) is 29.2 Å². The van der Waals surface area contributed by atoms with Crippen LogP contribution in [0.2, 0.25) is 0 Å². The minimum Gasteiger partial charge on any atom is -0.314 e. The van der Waals surface area contributed by atoms with Crippen LogP contribution >= 0.6 is 11.8 Å². The van der Waals surface area contributed by atoms with Gasteiger partial charge >= 0.3 is 5.51 Å². The monoisotopic (exact) mass is 304 g/mol. The van der Waals surface area contributed by atoms with Gasteiger partial charge < -0.3 is 5.32 Å². The second-order valence-corrected chi connectivity index (χ2v) is 5.90. The minimum atomic E-state index is -4.24. The molecule has 1 heterocycles. The summed E-state index contributed by atoms with van der Waals surface area (Å²) >= 11 is -0.00723. The molecule has 20 heavy (non-hydrogen) atoms. The number of alkyl halides is 3. The first-order valence-corrected chi connectivity index (χ1v) is 7.62. The maximum absolute atomic E-state index is 12.7. The van der Waals surface area contributed by atoms with E-state index < -0.39 is 5.51 Å². The van der Waals surface area contributed by atoms with E-state index in [4.69, 9.17) is 0 Å². The number of nitrogens with zero attached hydrogens (tertiary/aromatic N) is 1. The Hall–Kier alpha value is -0.720. The molecule has 2 nitrogen and oxygen atoms in total. The highest BCUT2D eigenvalue weighted by Crippen LogP contribution is 2.41. The summed E-state index contributed by atoms with van der Waals surface area (Å²) in [6.07, 6.45) is 0.815. The number of halogens is 3. The summed E-state index contributed by atoms with van der Waals surface area (Å²) in [4.78, 5) is 2.59. The number of piperazine rings is 1.